The average molecular weight is 665 g/mol. The summed E-state index contributed by atoms with van der Waals surface area (Å²) in [6.07, 6.45) is 5.03. The van der Waals surface area contributed by atoms with E-state index in [4.69, 9.17) is 27.9 Å². The van der Waals surface area contributed by atoms with Crippen molar-refractivity contribution in [3.05, 3.63) is 65.8 Å². The third-order valence-corrected chi connectivity index (χ3v) is 7.68. The van der Waals surface area contributed by atoms with Gasteiger partial charge in [0.15, 0.2) is 5.82 Å². The lowest BCUT2D eigenvalue weighted by atomic mass is 9.95. The molecule has 242 valence electrons. The van der Waals surface area contributed by atoms with E-state index in [1.54, 1.807) is 33.0 Å². The van der Waals surface area contributed by atoms with Gasteiger partial charge < -0.3 is 9.64 Å². The molecule has 1 fully saturated rings. The third-order valence-electron chi connectivity index (χ3n) is 7.00. The van der Waals surface area contributed by atoms with Crippen LogP contribution in [0.5, 0.6) is 0 Å². The Kier molecular flexibility index (Phi) is 11.8. The van der Waals surface area contributed by atoms with Crippen molar-refractivity contribution in [1.29, 1.82) is 0 Å². The number of carbonyl (C=O) groups excluding carboxylic acids is 1. The maximum Gasteiger partial charge on any atom is 0.355 e. The van der Waals surface area contributed by atoms with Crippen molar-refractivity contribution in [3.8, 4) is 5.69 Å². The van der Waals surface area contributed by atoms with Crippen LogP contribution in [-0.4, -0.2) is 60.5 Å². The van der Waals surface area contributed by atoms with Crippen LogP contribution in [0.2, 0.25) is 5.02 Å². The van der Waals surface area contributed by atoms with Gasteiger partial charge in [-0.3, -0.25) is 9.36 Å². The normalized spacial score (nSPS) is 14.2. The van der Waals surface area contributed by atoms with E-state index in [-0.39, 0.29) is 51.4 Å². The molecule has 2 heterocycles. The molecule has 1 aromatic carbocycles. The van der Waals surface area contributed by atoms with Crippen molar-refractivity contribution in [2.75, 3.05) is 25.6 Å². The molecule has 0 saturated heterocycles. The standard InChI is InChI=1S/C15H14Cl2F3N3O3.C12H20N4O2/c1-3-26-13(24)10(17)4-8-5-12(11(18)6-9(8)16)23-15(25)22(14(19)20)7(2)21-23;1-14(2)10-13-11(17)16(12(18)15(10)3)9-7-5-4-6-8-9/h5-6,10,14H,3-4H2,1-2H3;9H,4-8H2,1-3H3. The molecule has 1 aliphatic carbocycles. The average Bonchev–Trinajstić information content (AvgIpc) is 3.26. The number of anilines is 1. The summed E-state index contributed by atoms with van der Waals surface area (Å²) >= 11 is 11.9. The predicted molar refractivity (Wildman–Crippen MR) is 159 cm³/mol. The van der Waals surface area contributed by atoms with Gasteiger partial charge in [0.2, 0.25) is 5.95 Å². The van der Waals surface area contributed by atoms with Gasteiger partial charge in [0.05, 0.1) is 6.61 Å². The van der Waals surface area contributed by atoms with E-state index in [0.29, 0.717) is 10.6 Å². The van der Waals surface area contributed by atoms with Crippen LogP contribution >= 0.6 is 23.2 Å². The van der Waals surface area contributed by atoms with E-state index in [9.17, 15) is 32.3 Å². The lowest BCUT2D eigenvalue weighted by molar-refractivity contribution is -0.142. The van der Waals surface area contributed by atoms with Crippen molar-refractivity contribution in [2.45, 2.75) is 70.3 Å². The summed E-state index contributed by atoms with van der Waals surface area (Å²) in [6, 6.07) is 2.05. The number of esters is 1. The van der Waals surface area contributed by atoms with Gasteiger partial charge >= 0.3 is 29.6 Å². The summed E-state index contributed by atoms with van der Waals surface area (Å²) in [5, 5.41) is 2.52. The van der Waals surface area contributed by atoms with Crippen molar-refractivity contribution < 1.29 is 22.7 Å². The fraction of sp³-hybridized carbons (Fsp3) is 0.556. The lowest BCUT2D eigenvalue weighted by Crippen LogP contribution is -2.45. The zero-order valence-electron chi connectivity index (χ0n) is 24.9. The van der Waals surface area contributed by atoms with E-state index in [1.807, 2.05) is 0 Å². The first-order valence-electron chi connectivity index (χ1n) is 13.8. The van der Waals surface area contributed by atoms with Crippen LogP contribution in [0.15, 0.2) is 26.5 Å². The molecule has 0 amide bonds. The Morgan fingerprint density at radius 1 is 1.14 bits per heavy atom. The summed E-state index contributed by atoms with van der Waals surface area (Å²) in [7, 11) is 5.20. The van der Waals surface area contributed by atoms with Gasteiger partial charge in [-0.15, -0.1) is 16.7 Å². The maximum absolute atomic E-state index is 14.2. The van der Waals surface area contributed by atoms with Gasteiger partial charge in [-0.1, -0.05) is 30.9 Å². The van der Waals surface area contributed by atoms with E-state index < -0.39 is 35.1 Å². The molecule has 0 N–H and O–H groups in total. The fourth-order valence-electron chi connectivity index (χ4n) is 4.86. The highest BCUT2D eigenvalue weighted by Gasteiger charge is 2.24. The van der Waals surface area contributed by atoms with Gasteiger partial charge in [0, 0.05) is 38.6 Å². The number of rotatable bonds is 8. The third kappa shape index (κ3) is 7.73. The number of benzene rings is 1. The van der Waals surface area contributed by atoms with E-state index in [0.717, 1.165) is 37.8 Å². The molecular formula is C27H34Cl2F3N7O5. The quantitative estimate of drug-likeness (QED) is 0.264. The summed E-state index contributed by atoms with van der Waals surface area (Å²) < 4.78 is 48.3. The summed E-state index contributed by atoms with van der Waals surface area (Å²) in [6.45, 7) is -0.195. The van der Waals surface area contributed by atoms with E-state index in [2.05, 4.69) is 10.1 Å². The van der Waals surface area contributed by atoms with Crippen molar-refractivity contribution >= 4 is 35.1 Å². The molecule has 3 aromatic rings. The SMILES string of the molecule is CCOC(=O)C(Cl)Cc1cc(-n2nc(C)n(C(F)F)c2=O)c(F)cc1Cl.CN(C)c1nc(=O)n(C2CCCCC2)c(=O)n1C. The number of aryl methyl sites for hydroxylation is 1. The molecule has 12 nitrogen and oxygen atoms in total. The molecule has 1 unspecified atom stereocenters. The summed E-state index contributed by atoms with van der Waals surface area (Å²) in [5.74, 6) is -1.52. The Morgan fingerprint density at radius 2 is 1.77 bits per heavy atom. The van der Waals surface area contributed by atoms with Crippen LogP contribution in [0.25, 0.3) is 5.69 Å². The first-order valence-corrected chi connectivity index (χ1v) is 14.6. The maximum atomic E-state index is 14.2. The molecule has 0 aliphatic heterocycles. The zero-order chi connectivity index (χ0) is 32.9. The summed E-state index contributed by atoms with van der Waals surface area (Å²) in [5.41, 5.74) is -2.05. The molecule has 0 spiro atoms. The minimum atomic E-state index is -3.12. The van der Waals surface area contributed by atoms with Crippen molar-refractivity contribution in [3.63, 3.8) is 0 Å². The van der Waals surface area contributed by atoms with Crippen LogP contribution in [0.3, 0.4) is 0 Å². The first kappa shape index (κ1) is 34.9. The smallest absolute Gasteiger partial charge is 0.355 e. The number of halogens is 5. The monoisotopic (exact) mass is 663 g/mol. The number of hydrogen-bond acceptors (Lipinski definition) is 8. The molecule has 1 aliphatic rings. The minimum Gasteiger partial charge on any atom is -0.465 e. The van der Waals surface area contributed by atoms with Gasteiger partial charge in [0.1, 0.15) is 16.9 Å². The number of aromatic nitrogens is 6. The number of hydrogen-bond donors (Lipinski definition) is 0. The van der Waals surface area contributed by atoms with Gasteiger partial charge in [0.25, 0.3) is 0 Å². The molecule has 4 rings (SSSR count). The molecule has 44 heavy (non-hydrogen) atoms. The van der Waals surface area contributed by atoms with Gasteiger partial charge in [-0.25, -0.2) is 27.9 Å². The second-order valence-corrected chi connectivity index (χ2v) is 11.2. The fourth-order valence-corrected chi connectivity index (χ4v) is 5.32. The van der Waals surface area contributed by atoms with Gasteiger partial charge in [-0.05, 0) is 44.4 Å². The molecule has 0 bridgehead atoms. The highest BCUT2D eigenvalue weighted by atomic mass is 35.5. The van der Waals surface area contributed by atoms with Crippen LogP contribution in [-0.2, 0) is 23.0 Å². The van der Waals surface area contributed by atoms with Gasteiger partial charge in [-0.2, -0.15) is 18.4 Å². The molecule has 2 aromatic heterocycles. The second-order valence-electron chi connectivity index (χ2n) is 10.3. The first-order chi connectivity index (χ1) is 20.7. The number of nitrogens with zero attached hydrogens (tertiary/aromatic N) is 7. The van der Waals surface area contributed by atoms with Crippen LogP contribution in [0.4, 0.5) is 19.1 Å². The van der Waals surface area contributed by atoms with Crippen LogP contribution < -0.4 is 22.0 Å². The molecular weight excluding hydrogens is 630 g/mol. The molecule has 0 radical (unpaired) electrons. The van der Waals surface area contributed by atoms with E-state index >= 15 is 0 Å². The van der Waals surface area contributed by atoms with Crippen LogP contribution in [0, 0.1) is 12.7 Å². The number of carbonyl (C=O) groups is 1. The Balaban J connectivity index is 0.000000257. The highest BCUT2D eigenvalue weighted by Crippen LogP contribution is 2.27. The minimum absolute atomic E-state index is 0.0219. The number of ether oxygens (including phenoxy) is 1. The highest BCUT2D eigenvalue weighted by molar-refractivity contribution is 6.32. The summed E-state index contributed by atoms with van der Waals surface area (Å²) in [4.78, 5) is 53.7. The Bertz CT molecular complexity index is 1660. The predicted octanol–water partition coefficient (Wildman–Crippen LogP) is 3.76. The topological polar surface area (TPSA) is 126 Å². The Hall–Kier alpha value is -3.59. The second kappa shape index (κ2) is 14.9. The van der Waals surface area contributed by atoms with Crippen molar-refractivity contribution in [2.24, 2.45) is 7.05 Å². The van der Waals surface area contributed by atoms with E-state index in [1.165, 1.54) is 22.5 Å². The number of alkyl halides is 3. The lowest BCUT2D eigenvalue weighted by Gasteiger charge is -2.24. The molecule has 17 heteroatoms. The zero-order valence-corrected chi connectivity index (χ0v) is 26.4. The largest absolute Gasteiger partial charge is 0.465 e. The molecule has 1 atom stereocenters. The Morgan fingerprint density at radius 3 is 2.32 bits per heavy atom. The Labute approximate surface area is 260 Å². The van der Waals surface area contributed by atoms with Crippen LogP contribution in [0.1, 0.15) is 63.0 Å². The molecule has 1 saturated carbocycles. The van der Waals surface area contributed by atoms with Crippen molar-refractivity contribution in [1.82, 2.24) is 28.5 Å².